The average molecular weight is 419 g/mol. The summed E-state index contributed by atoms with van der Waals surface area (Å²) in [4.78, 5) is 33.0. The van der Waals surface area contributed by atoms with E-state index >= 15 is 0 Å². The lowest BCUT2D eigenvalue weighted by molar-refractivity contribution is -0.141. The molecule has 2 aromatic rings. The molecule has 1 aromatic heterocycles. The average Bonchev–Trinajstić information content (AvgIpc) is 2.62. The van der Waals surface area contributed by atoms with Gasteiger partial charge in [0.1, 0.15) is 17.3 Å². The number of ether oxygens (including phenoxy) is 1. The minimum atomic E-state index is -0.602. The van der Waals surface area contributed by atoms with E-state index in [-0.39, 0.29) is 40.3 Å². The van der Waals surface area contributed by atoms with Crippen LogP contribution in [0.3, 0.4) is 0 Å². The number of hydrogen-bond donors (Lipinski definition) is 2. The van der Waals surface area contributed by atoms with Gasteiger partial charge in [0.25, 0.3) is 11.8 Å². The maximum Gasteiger partial charge on any atom is 0.271 e. The number of rotatable bonds is 6. The summed E-state index contributed by atoms with van der Waals surface area (Å²) in [7, 11) is 0. The van der Waals surface area contributed by atoms with E-state index < -0.39 is 5.82 Å². The van der Waals surface area contributed by atoms with Crippen molar-refractivity contribution >= 4 is 23.4 Å². The van der Waals surface area contributed by atoms with Crippen molar-refractivity contribution in [3.63, 3.8) is 0 Å². The Bertz CT molecular complexity index is 993. The number of amides is 2. The van der Waals surface area contributed by atoms with E-state index in [1.807, 2.05) is 13.8 Å². The van der Waals surface area contributed by atoms with Crippen molar-refractivity contribution < 1.29 is 18.7 Å². The first-order chi connectivity index (χ1) is 13.7. The van der Waals surface area contributed by atoms with E-state index in [4.69, 9.17) is 16.3 Å². The van der Waals surface area contributed by atoms with Crippen molar-refractivity contribution in [2.24, 2.45) is 0 Å². The van der Waals surface area contributed by atoms with Crippen molar-refractivity contribution in [2.75, 3.05) is 6.61 Å². The summed E-state index contributed by atoms with van der Waals surface area (Å²) in [5.41, 5.74) is 1.19. The largest absolute Gasteiger partial charge is 0.484 e. The number of nitrogens with one attached hydrogen (secondary N) is 2. The third-order valence-corrected chi connectivity index (χ3v) is 5.81. The van der Waals surface area contributed by atoms with Crippen LogP contribution in [0.4, 0.5) is 4.39 Å². The van der Waals surface area contributed by atoms with E-state index in [1.54, 1.807) is 0 Å². The summed E-state index contributed by atoms with van der Waals surface area (Å²) in [5, 5.41) is 5.95. The van der Waals surface area contributed by atoms with Crippen molar-refractivity contribution in [1.82, 2.24) is 20.6 Å². The lowest BCUT2D eigenvalue weighted by Gasteiger charge is -2.70. The van der Waals surface area contributed by atoms with Gasteiger partial charge in [-0.25, -0.2) is 9.37 Å². The minimum absolute atomic E-state index is 0.00482. The second-order valence-electron chi connectivity index (χ2n) is 7.88. The monoisotopic (exact) mass is 418 g/mol. The predicted octanol–water partition coefficient (Wildman–Crippen LogP) is 2.49. The van der Waals surface area contributed by atoms with Gasteiger partial charge in [-0.05, 0) is 45.2 Å². The standard InChI is InChI=1S/C20H20ClFN4O3/c1-11-12(2)24-16(6-23-11)18(28)26-20-8-19(9-20,10-20)25-17(27)7-29-13-3-4-14(21)15(22)5-13/h3-6H,7-10H2,1-2H3,(H,25,27)(H,26,28). The quantitative estimate of drug-likeness (QED) is 0.751. The molecule has 0 aliphatic heterocycles. The molecule has 9 heteroatoms. The summed E-state index contributed by atoms with van der Waals surface area (Å²) >= 11 is 5.62. The molecule has 29 heavy (non-hydrogen) atoms. The van der Waals surface area contributed by atoms with Gasteiger partial charge in [0.15, 0.2) is 6.61 Å². The van der Waals surface area contributed by atoms with Gasteiger partial charge < -0.3 is 15.4 Å². The summed E-state index contributed by atoms with van der Waals surface area (Å²) < 4.78 is 18.7. The van der Waals surface area contributed by atoms with Crippen LogP contribution in [0.15, 0.2) is 24.4 Å². The highest BCUT2D eigenvalue weighted by atomic mass is 35.5. The third kappa shape index (κ3) is 3.76. The molecule has 3 saturated carbocycles. The molecule has 3 aliphatic carbocycles. The number of halogens is 2. The van der Waals surface area contributed by atoms with Gasteiger partial charge in [-0.1, -0.05) is 11.6 Å². The molecular formula is C20H20ClFN4O3. The Kier molecular flexibility index (Phi) is 4.69. The minimum Gasteiger partial charge on any atom is -0.484 e. The molecule has 0 spiro atoms. The molecule has 0 radical (unpaired) electrons. The molecule has 1 heterocycles. The SMILES string of the molecule is Cc1ncc(C(=O)NC23CC(NC(=O)COc4ccc(Cl)c(F)c4)(C2)C3)nc1C. The van der Waals surface area contributed by atoms with Gasteiger partial charge in [-0.3, -0.25) is 14.6 Å². The summed E-state index contributed by atoms with van der Waals surface area (Å²) in [6.07, 6.45) is 3.44. The molecule has 5 rings (SSSR count). The van der Waals surface area contributed by atoms with Crippen LogP contribution >= 0.6 is 11.6 Å². The molecule has 0 atom stereocenters. The Balaban J connectivity index is 1.25. The highest BCUT2D eigenvalue weighted by molar-refractivity contribution is 6.30. The number of benzene rings is 1. The van der Waals surface area contributed by atoms with Crippen LogP contribution in [0.2, 0.25) is 5.02 Å². The molecule has 152 valence electrons. The van der Waals surface area contributed by atoms with Crippen molar-refractivity contribution in [3.05, 3.63) is 52.3 Å². The first kappa shape index (κ1) is 19.6. The van der Waals surface area contributed by atoms with Crippen molar-refractivity contribution in [1.29, 1.82) is 0 Å². The molecule has 0 unspecified atom stereocenters. The second kappa shape index (κ2) is 6.95. The zero-order chi connectivity index (χ0) is 20.8. The molecule has 7 nitrogen and oxygen atoms in total. The third-order valence-electron chi connectivity index (χ3n) is 5.50. The van der Waals surface area contributed by atoms with Gasteiger partial charge >= 0.3 is 0 Å². The van der Waals surface area contributed by atoms with Gasteiger partial charge in [-0.2, -0.15) is 0 Å². The molecule has 2 bridgehead atoms. The highest BCUT2D eigenvalue weighted by Crippen LogP contribution is 2.60. The molecule has 3 fully saturated rings. The smallest absolute Gasteiger partial charge is 0.271 e. The molecular weight excluding hydrogens is 399 g/mol. The molecule has 2 amide bonds. The Morgan fingerprint density at radius 1 is 1.17 bits per heavy atom. The zero-order valence-electron chi connectivity index (χ0n) is 16.0. The van der Waals surface area contributed by atoms with Crippen LogP contribution in [0.1, 0.15) is 41.1 Å². The lowest BCUT2D eigenvalue weighted by Crippen LogP contribution is -2.84. The number of aryl methyl sites for hydroxylation is 2. The van der Waals surface area contributed by atoms with Crippen molar-refractivity contribution in [2.45, 2.75) is 44.2 Å². The van der Waals surface area contributed by atoms with Crippen LogP contribution in [-0.2, 0) is 4.79 Å². The fourth-order valence-corrected chi connectivity index (χ4v) is 4.17. The van der Waals surface area contributed by atoms with E-state index in [0.717, 1.165) is 17.5 Å². The van der Waals surface area contributed by atoms with Crippen LogP contribution in [0.5, 0.6) is 5.75 Å². The fraction of sp³-hybridized carbons (Fsp3) is 0.400. The molecule has 1 aromatic carbocycles. The van der Waals surface area contributed by atoms with Gasteiger partial charge in [0, 0.05) is 17.1 Å². The van der Waals surface area contributed by atoms with Gasteiger partial charge in [-0.15, -0.1) is 0 Å². The molecule has 2 N–H and O–H groups in total. The zero-order valence-corrected chi connectivity index (χ0v) is 16.8. The maximum atomic E-state index is 13.4. The fourth-order valence-electron chi connectivity index (χ4n) is 4.06. The van der Waals surface area contributed by atoms with Crippen LogP contribution in [0, 0.1) is 19.7 Å². The molecule has 3 aliphatic rings. The molecule has 0 saturated heterocycles. The highest BCUT2D eigenvalue weighted by Gasteiger charge is 2.69. The number of carbonyl (C=O) groups excluding carboxylic acids is 2. The van der Waals surface area contributed by atoms with E-state index in [1.165, 1.54) is 18.3 Å². The van der Waals surface area contributed by atoms with E-state index in [0.29, 0.717) is 25.0 Å². The maximum absolute atomic E-state index is 13.4. The topological polar surface area (TPSA) is 93.2 Å². The van der Waals surface area contributed by atoms with Crippen molar-refractivity contribution in [3.8, 4) is 5.75 Å². The number of aromatic nitrogens is 2. The predicted molar refractivity (Wildman–Crippen MR) is 103 cm³/mol. The first-order valence-corrected chi connectivity index (χ1v) is 9.59. The van der Waals surface area contributed by atoms with Gasteiger partial charge in [0.2, 0.25) is 0 Å². The Hall–Kier alpha value is -2.74. The van der Waals surface area contributed by atoms with Crippen LogP contribution < -0.4 is 15.4 Å². The van der Waals surface area contributed by atoms with Crippen LogP contribution in [0.25, 0.3) is 0 Å². The number of carbonyl (C=O) groups is 2. The number of nitrogens with zero attached hydrogens (tertiary/aromatic N) is 2. The van der Waals surface area contributed by atoms with E-state index in [2.05, 4.69) is 20.6 Å². The van der Waals surface area contributed by atoms with Crippen LogP contribution in [-0.4, -0.2) is 39.5 Å². The summed E-state index contributed by atoms with van der Waals surface area (Å²) in [6.45, 7) is 3.43. The Morgan fingerprint density at radius 2 is 1.86 bits per heavy atom. The summed E-state index contributed by atoms with van der Waals surface area (Å²) in [5.74, 6) is -0.915. The second-order valence-corrected chi connectivity index (χ2v) is 8.29. The lowest BCUT2D eigenvalue weighted by atomic mass is 9.44. The summed E-state index contributed by atoms with van der Waals surface area (Å²) in [6, 6.07) is 4.01. The first-order valence-electron chi connectivity index (χ1n) is 9.21. The Morgan fingerprint density at radius 3 is 2.52 bits per heavy atom. The van der Waals surface area contributed by atoms with Gasteiger partial charge in [0.05, 0.1) is 22.6 Å². The normalized spacial score (nSPS) is 24.1. The Labute approximate surface area is 172 Å². The number of hydrogen-bond acceptors (Lipinski definition) is 5. The van der Waals surface area contributed by atoms with E-state index in [9.17, 15) is 14.0 Å².